The lowest BCUT2D eigenvalue weighted by Gasteiger charge is -2.12. The minimum Gasteiger partial charge on any atom is -0.305 e. The molecule has 0 bridgehead atoms. The molecule has 0 atom stereocenters. The summed E-state index contributed by atoms with van der Waals surface area (Å²) in [7, 11) is 3.97. The number of hydrogen-bond donors (Lipinski definition) is 2. The Morgan fingerprint density at radius 3 is 2.67 bits per heavy atom. The Morgan fingerprint density at radius 1 is 1.29 bits per heavy atom. The van der Waals surface area contributed by atoms with Gasteiger partial charge in [0.25, 0.3) is 0 Å². The van der Waals surface area contributed by atoms with Crippen molar-refractivity contribution in [1.82, 2.24) is 14.9 Å². The normalized spacial score (nSPS) is 10.7. The van der Waals surface area contributed by atoms with Crippen LogP contribution in [0.15, 0.2) is 35.7 Å². The lowest BCUT2D eigenvalue weighted by Crippen LogP contribution is -2.10. The van der Waals surface area contributed by atoms with Gasteiger partial charge in [-0.1, -0.05) is 23.7 Å². The maximum Gasteiger partial charge on any atom is 0.192 e. The summed E-state index contributed by atoms with van der Waals surface area (Å²) in [5, 5.41) is 11.3. The van der Waals surface area contributed by atoms with Gasteiger partial charge in [0, 0.05) is 17.1 Å². The van der Waals surface area contributed by atoms with E-state index in [9.17, 15) is 0 Å². The van der Waals surface area contributed by atoms with E-state index in [1.165, 1.54) is 6.33 Å². The van der Waals surface area contributed by atoms with E-state index in [-0.39, 0.29) is 5.84 Å². The first-order valence-electron chi connectivity index (χ1n) is 6.23. The third-order valence-electron chi connectivity index (χ3n) is 2.86. The van der Waals surface area contributed by atoms with E-state index in [1.807, 2.05) is 37.2 Å². The van der Waals surface area contributed by atoms with Crippen molar-refractivity contribution in [3.63, 3.8) is 0 Å². The van der Waals surface area contributed by atoms with Crippen molar-refractivity contribution in [2.24, 2.45) is 5.11 Å². The maximum atomic E-state index is 7.51. The highest BCUT2D eigenvalue weighted by atomic mass is 35.5. The summed E-state index contributed by atoms with van der Waals surface area (Å²) in [5.41, 5.74) is 9.69. The molecular formula is C14H15ClN6. The lowest BCUT2D eigenvalue weighted by atomic mass is 10.1. The van der Waals surface area contributed by atoms with Gasteiger partial charge in [0.1, 0.15) is 12.0 Å². The van der Waals surface area contributed by atoms with Crippen molar-refractivity contribution in [2.45, 2.75) is 6.54 Å². The van der Waals surface area contributed by atoms with Gasteiger partial charge in [0.05, 0.1) is 5.69 Å². The van der Waals surface area contributed by atoms with Crippen molar-refractivity contribution in [3.05, 3.63) is 46.9 Å². The fourth-order valence-electron chi connectivity index (χ4n) is 1.88. The largest absolute Gasteiger partial charge is 0.305 e. The highest BCUT2D eigenvalue weighted by Gasteiger charge is 2.08. The van der Waals surface area contributed by atoms with Gasteiger partial charge >= 0.3 is 0 Å². The smallest absolute Gasteiger partial charge is 0.192 e. The van der Waals surface area contributed by atoms with Gasteiger partial charge in [-0.2, -0.15) is 0 Å². The van der Waals surface area contributed by atoms with Crippen molar-refractivity contribution in [1.29, 1.82) is 10.9 Å². The predicted molar refractivity (Wildman–Crippen MR) is 81.8 cm³/mol. The van der Waals surface area contributed by atoms with Crippen LogP contribution >= 0.6 is 11.6 Å². The van der Waals surface area contributed by atoms with Crippen molar-refractivity contribution in [3.8, 4) is 11.3 Å². The molecule has 0 saturated carbocycles. The van der Waals surface area contributed by atoms with Crippen LogP contribution in [-0.2, 0) is 6.54 Å². The lowest BCUT2D eigenvalue weighted by molar-refractivity contribution is 0.402. The Hall–Kier alpha value is -2.18. The second-order valence-electron chi connectivity index (χ2n) is 4.79. The van der Waals surface area contributed by atoms with E-state index >= 15 is 0 Å². The Morgan fingerprint density at radius 2 is 2.05 bits per heavy atom. The standard InChI is InChI=1S/C14H15ClN6/c1-21(2)7-10-4-3-9(5-11(10)15)12-6-13(14(16)20-17)19-8-18-12/h3-6,8,16-17H,7H2,1-2H3. The van der Waals surface area contributed by atoms with E-state index < -0.39 is 0 Å². The van der Waals surface area contributed by atoms with E-state index in [4.69, 9.17) is 22.5 Å². The number of rotatable bonds is 4. The summed E-state index contributed by atoms with van der Waals surface area (Å²) < 4.78 is 0. The summed E-state index contributed by atoms with van der Waals surface area (Å²) in [4.78, 5) is 10.1. The number of halogens is 1. The highest BCUT2D eigenvalue weighted by molar-refractivity contribution is 6.31. The third-order valence-corrected chi connectivity index (χ3v) is 3.21. The summed E-state index contributed by atoms with van der Waals surface area (Å²) >= 11 is 6.29. The molecule has 2 aromatic rings. The van der Waals surface area contributed by atoms with Crippen LogP contribution < -0.4 is 0 Å². The van der Waals surface area contributed by atoms with Crippen molar-refractivity contribution < 1.29 is 0 Å². The van der Waals surface area contributed by atoms with Crippen LogP contribution in [0.3, 0.4) is 0 Å². The maximum absolute atomic E-state index is 7.51. The topological polar surface area (TPSA) is 89.1 Å². The molecule has 0 fully saturated rings. The zero-order chi connectivity index (χ0) is 15.4. The summed E-state index contributed by atoms with van der Waals surface area (Å²) in [5.74, 6) is -0.200. The molecule has 1 heterocycles. The van der Waals surface area contributed by atoms with Gasteiger partial charge < -0.3 is 4.90 Å². The van der Waals surface area contributed by atoms with Gasteiger partial charge in [-0.15, -0.1) is 5.11 Å². The average molecular weight is 303 g/mol. The molecule has 2 rings (SSSR count). The number of aromatic nitrogens is 2. The van der Waals surface area contributed by atoms with E-state index in [0.717, 1.165) is 17.7 Å². The quantitative estimate of drug-likeness (QED) is 0.516. The van der Waals surface area contributed by atoms with E-state index in [2.05, 4.69) is 15.1 Å². The molecular weight excluding hydrogens is 288 g/mol. The first-order valence-corrected chi connectivity index (χ1v) is 6.61. The van der Waals surface area contributed by atoms with Crippen LogP contribution in [0.4, 0.5) is 0 Å². The van der Waals surface area contributed by atoms with Crippen LogP contribution in [0.25, 0.3) is 11.3 Å². The second kappa shape index (κ2) is 6.51. The molecule has 21 heavy (non-hydrogen) atoms. The minimum atomic E-state index is -0.200. The number of benzene rings is 1. The zero-order valence-corrected chi connectivity index (χ0v) is 12.5. The van der Waals surface area contributed by atoms with Crippen LogP contribution in [0, 0.1) is 10.9 Å². The molecule has 0 aliphatic rings. The predicted octanol–water partition coefficient (Wildman–Crippen LogP) is 3.21. The summed E-state index contributed by atoms with van der Waals surface area (Å²) in [6.07, 6.45) is 1.35. The molecule has 0 radical (unpaired) electrons. The van der Waals surface area contributed by atoms with Gasteiger partial charge in [-0.25, -0.2) is 15.5 Å². The molecule has 0 saturated heterocycles. The molecule has 1 aromatic heterocycles. The first-order chi connectivity index (χ1) is 10.0. The highest BCUT2D eigenvalue weighted by Crippen LogP contribution is 2.25. The SMILES string of the molecule is CN(C)Cc1ccc(-c2cc(C(=N)N=N)ncn2)cc1Cl. The Balaban J connectivity index is 2.36. The Kier molecular flexibility index (Phi) is 4.72. The molecule has 0 unspecified atom stereocenters. The van der Waals surface area contributed by atoms with Crippen LogP contribution in [0.5, 0.6) is 0 Å². The first kappa shape index (κ1) is 15.2. The monoisotopic (exact) mass is 302 g/mol. The number of amidine groups is 1. The fraction of sp³-hybridized carbons (Fsp3) is 0.214. The molecule has 6 nitrogen and oxygen atoms in total. The Labute approximate surface area is 127 Å². The van der Waals surface area contributed by atoms with Gasteiger partial charge in [-0.3, -0.25) is 5.41 Å². The van der Waals surface area contributed by atoms with Crippen LogP contribution in [0.2, 0.25) is 5.02 Å². The van der Waals surface area contributed by atoms with Crippen LogP contribution in [0.1, 0.15) is 11.3 Å². The molecule has 2 N–H and O–H groups in total. The molecule has 1 aromatic carbocycles. The third kappa shape index (κ3) is 3.68. The summed E-state index contributed by atoms with van der Waals surface area (Å²) in [6.45, 7) is 0.760. The minimum absolute atomic E-state index is 0.200. The molecule has 7 heteroatoms. The second-order valence-corrected chi connectivity index (χ2v) is 5.20. The molecule has 0 spiro atoms. The zero-order valence-electron chi connectivity index (χ0n) is 11.8. The molecule has 0 aliphatic heterocycles. The number of nitrogens with zero attached hydrogens (tertiary/aromatic N) is 4. The van der Waals surface area contributed by atoms with E-state index in [0.29, 0.717) is 16.4 Å². The van der Waals surface area contributed by atoms with Gasteiger partial charge in [0.2, 0.25) is 0 Å². The van der Waals surface area contributed by atoms with Gasteiger partial charge in [0.15, 0.2) is 5.84 Å². The summed E-state index contributed by atoms with van der Waals surface area (Å²) in [6, 6.07) is 7.35. The molecule has 0 aliphatic carbocycles. The van der Waals surface area contributed by atoms with Gasteiger partial charge in [-0.05, 0) is 31.8 Å². The molecule has 0 amide bonds. The average Bonchev–Trinajstić information content (AvgIpc) is 2.48. The fourth-order valence-corrected chi connectivity index (χ4v) is 2.12. The van der Waals surface area contributed by atoms with E-state index in [1.54, 1.807) is 6.07 Å². The van der Waals surface area contributed by atoms with Crippen molar-refractivity contribution >= 4 is 17.4 Å². The number of hydrogen-bond acceptors (Lipinski definition) is 5. The molecule has 108 valence electrons. The van der Waals surface area contributed by atoms with Crippen LogP contribution in [-0.4, -0.2) is 34.8 Å². The Bertz CT molecular complexity index is 683. The van der Waals surface area contributed by atoms with Crippen molar-refractivity contribution in [2.75, 3.05) is 14.1 Å². The number of nitrogens with one attached hydrogen (secondary N) is 2.